The Labute approximate surface area is 154 Å². The van der Waals surface area contributed by atoms with Crippen molar-refractivity contribution in [2.75, 3.05) is 0 Å². The van der Waals surface area contributed by atoms with Crippen LogP contribution in [0.2, 0.25) is 0 Å². The van der Waals surface area contributed by atoms with Crippen LogP contribution in [-0.2, 0) is 11.8 Å². The topological polar surface area (TPSA) is 60.7 Å². The standard InChI is InChI=1S/C16H13F3N4OS2/c1-9-13(26-11(21-9)6-12(24)23-5-4-20-8-23)10-7-25-14(22-10)15(2-3-15)16(17,18)19/h4-5,7-8H,2-3,6H2,1H3. The number of rotatable bonds is 4. The Morgan fingerprint density at radius 1 is 1.35 bits per heavy atom. The van der Waals surface area contributed by atoms with E-state index in [1.54, 1.807) is 18.5 Å². The van der Waals surface area contributed by atoms with Gasteiger partial charge in [-0.05, 0) is 19.8 Å². The van der Waals surface area contributed by atoms with Crippen molar-refractivity contribution in [1.29, 1.82) is 0 Å². The molecule has 3 aromatic rings. The van der Waals surface area contributed by atoms with Crippen LogP contribution in [0.3, 0.4) is 0 Å². The molecular weight excluding hydrogens is 385 g/mol. The zero-order valence-electron chi connectivity index (χ0n) is 13.6. The van der Waals surface area contributed by atoms with Crippen molar-refractivity contribution in [2.45, 2.75) is 37.8 Å². The van der Waals surface area contributed by atoms with Crippen molar-refractivity contribution in [1.82, 2.24) is 19.5 Å². The highest BCUT2D eigenvalue weighted by molar-refractivity contribution is 7.16. The van der Waals surface area contributed by atoms with Crippen molar-refractivity contribution in [3.05, 3.63) is 39.8 Å². The van der Waals surface area contributed by atoms with Crippen LogP contribution in [0.1, 0.15) is 33.3 Å². The van der Waals surface area contributed by atoms with E-state index in [9.17, 15) is 18.0 Å². The summed E-state index contributed by atoms with van der Waals surface area (Å²) in [5.41, 5.74) is -0.608. The molecular formula is C16H13F3N4OS2. The molecule has 5 nitrogen and oxygen atoms in total. The van der Waals surface area contributed by atoms with Crippen LogP contribution in [-0.4, -0.2) is 31.6 Å². The van der Waals surface area contributed by atoms with E-state index in [0.29, 0.717) is 21.3 Å². The Morgan fingerprint density at radius 3 is 2.73 bits per heavy atom. The number of thiazole rings is 2. The van der Waals surface area contributed by atoms with Crippen molar-refractivity contribution in [3.63, 3.8) is 0 Å². The minimum absolute atomic E-state index is 0.0930. The average molecular weight is 398 g/mol. The van der Waals surface area contributed by atoms with Gasteiger partial charge in [-0.1, -0.05) is 0 Å². The maximum absolute atomic E-state index is 13.3. The average Bonchev–Trinajstić information content (AvgIpc) is 2.95. The van der Waals surface area contributed by atoms with Crippen LogP contribution < -0.4 is 0 Å². The van der Waals surface area contributed by atoms with Gasteiger partial charge in [0.1, 0.15) is 21.8 Å². The number of nitrogens with zero attached hydrogens (tertiary/aromatic N) is 4. The van der Waals surface area contributed by atoms with E-state index in [0.717, 1.165) is 11.3 Å². The normalized spacial score (nSPS) is 16.0. The van der Waals surface area contributed by atoms with E-state index in [1.165, 1.54) is 28.4 Å². The van der Waals surface area contributed by atoms with Crippen LogP contribution in [0.5, 0.6) is 0 Å². The van der Waals surface area contributed by atoms with Gasteiger partial charge in [0.2, 0.25) is 5.91 Å². The number of imidazole rings is 1. The number of alkyl halides is 3. The zero-order chi connectivity index (χ0) is 18.5. The number of halogens is 3. The van der Waals surface area contributed by atoms with Gasteiger partial charge in [-0.2, -0.15) is 13.2 Å². The molecule has 1 aliphatic rings. The number of carbonyl (C=O) groups is 1. The second-order valence-electron chi connectivity index (χ2n) is 6.18. The molecule has 0 saturated heterocycles. The van der Waals surface area contributed by atoms with Crippen LogP contribution >= 0.6 is 22.7 Å². The third-order valence-electron chi connectivity index (χ3n) is 4.37. The van der Waals surface area contributed by atoms with Crippen molar-refractivity contribution in [2.24, 2.45) is 0 Å². The van der Waals surface area contributed by atoms with Crippen LogP contribution in [0.15, 0.2) is 24.1 Å². The Hall–Kier alpha value is -2.07. The van der Waals surface area contributed by atoms with Gasteiger partial charge < -0.3 is 0 Å². The third kappa shape index (κ3) is 2.86. The monoisotopic (exact) mass is 398 g/mol. The molecule has 0 bridgehead atoms. The lowest BCUT2D eigenvalue weighted by Crippen LogP contribution is -2.28. The molecule has 26 heavy (non-hydrogen) atoms. The fraction of sp³-hybridized carbons (Fsp3) is 0.375. The van der Waals surface area contributed by atoms with E-state index >= 15 is 0 Å². The lowest BCUT2D eigenvalue weighted by Gasteiger charge is -2.15. The highest BCUT2D eigenvalue weighted by Crippen LogP contribution is 2.59. The molecule has 0 atom stereocenters. The Balaban J connectivity index is 1.58. The summed E-state index contributed by atoms with van der Waals surface area (Å²) in [6.07, 6.45) is 0.511. The number of hydrogen-bond acceptors (Lipinski definition) is 6. The van der Waals surface area contributed by atoms with Gasteiger partial charge in [-0.25, -0.2) is 15.0 Å². The van der Waals surface area contributed by atoms with Crippen LogP contribution in [0.25, 0.3) is 10.6 Å². The second kappa shape index (κ2) is 5.98. The molecule has 0 radical (unpaired) electrons. The molecule has 136 valence electrons. The molecule has 0 aliphatic heterocycles. The number of aromatic nitrogens is 4. The molecule has 0 spiro atoms. The van der Waals surface area contributed by atoms with Gasteiger partial charge in [0, 0.05) is 17.8 Å². The molecule has 0 aromatic carbocycles. The summed E-state index contributed by atoms with van der Waals surface area (Å²) >= 11 is 2.33. The van der Waals surface area contributed by atoms with Gasteiger partial charge in [0.05, 0.1) is 22.7 Å². The smallest absolute Gasteiger partial charge is 0.276 e. The predicted molar refractivity (Wildman–Crippen MR) is 91.5 cm³/mol. The molecule has 3 heterocycles. The number of hydrogen-bond donors (Lipinski definition) is 0. The highest BCUT2D eigenvalue weighted by Gasteiger charge is 2.66. The fourth-order valence-corrected chi connectivity index (χ4v) is 4.92. The van der Waals surface area contributed by atoms with E-state index in [-0.39, 0.29) is 30.2 Å². The molecule has 1 fully saturated rings. The lowest BCUT2D eigenvalue weighted by atomic mass is 10.1. The largest absolute Gasteiger partial charge is 0.400 e. The Morgan fingerprint density at radius 2 is 2.12 bits per heavy atom. The van der Waals surface area contributed by atoms with Crippen molar-refractivity contribution >= 4 is 28.6 Å². The minimum atomic E-state index is -4.27. The predicted octanol–water partition coefficient (Wildman–Crippen LogP) is 4.25. The quantitative estimate of drug-likeness (QED) is 0.659. The number of carbonyl (C=O) groups excluding carboxylic acids is 1. The van der Waals surface area contributed by atoms with Gasteiger partial charge >= 0.3 is 6.18 Å². The lowest BCUT2D eigenvalue weighted by molar-refractivity contribution is -0.160. The SMILES string of the molecule is Cc1nc(CC(=O)n2ccnc2)sc1-c1csc(C2(C(F)(F)F)CC2)n1. The summed E-state index contributed by atoms with van der Waals surface area (Å²) in [5.74, 6) is -0.171. The Bertz CT molecular complexity index is 955. The van der Waals surface area contributed by atoms with Crippen LogP contribution in [0.4, 0.5) is 13.2 Å². The summed E-state index contributed by atoms with van der Waals surface area (Å²) in [6.45, 7) is 1.77. The van der Waals surface area contributed by atoms with E-state index in [2.05, 4.69) is 15.0 Å². The minimum Gasteiger partial charge on any atom is -0.276 e. The highest BCUT2D eigenvalue weighted by atomic mass is 32.1. The first-order valence-electron chi connectivity index (χ1n) is 7.81. The van der Waals surface area contributed by atoms with Gasteiger partial charge in [0.25, 0.3) is 0 Å². The summed E-state index contributed by atoms with van der Waals surface area (Å²) in [6, 6.07) is 0. The maximum Gasteiger partial charge on any atom is 0.400 e. The molecule has 3 aromatic heterocycles. The zero-order valence-corrected chi connectivity index (χ0v) is 15.2. The summed E-state index contributed by atoms with van der Waals surface area (Å²) in [4.78, 5) is 25.3. The molecule has 1 aliphatic carbocycles. The van der Waals surface area contributed by atoms with Crippen molar-refractivity contribution in [3.8, 4) is 10.6 Å². The van der Waals surface area contributed by atoms with E-state index in [1.807, 2.05) is 0 Å². The third-order valence-corrected chi connectivity index (χ3v) is 6.60. The summed E-state index contributed by atoms with van der Waals surface area (Å²) < 4.78 is 41.2. The summed E-state index contributed by atoms with van der Waals surface area (Å²) in [5, 5.41) is 2.36. The molecule has 1 saturated carbocycles. The van der Waals surface area contributed by atoms with Gasteiger partial charge in [-0.15, -0.1) is 22.7 Å². The van der Waals surface area contributed by atoms with Gasteiger partial charge in [0.15, 0.2) is 0 Å². The van der Waals surface area contributed by atoms with Gasteiger partial charge in [-0.3, -0.25) is 9.36 Å². The molecule has 4 rings (SSSR count). The van der Waals surface area contributed by atoms with Crippen LogP contribution in [0, 0.1) is 6.92 Å². The number of aryl methyl sites for hydroxylation is 1. The first kappa shape index (κ1) is 17.3. The first-order chi connectivity index (χ1) is 12.3. The van der Waals surface area contributed by atoms with E-state index in [4.69, 9.17) is 0 Å². The Kier molecular flexibility index (Phi) is 3.99. The second-order valence-corrected chi connectivity index (χ2v) is 8.12. The maximum atomic E-state index is 13.3. The molecule has 10 heteroatoms. The fourth-order valence-electron chi connectivity index (χ4n) is 2.73. The van der Waals surface area contributed by atoms with Crippen molar-refractivity contribution < 1.29 is 18.0 Å². The summed E-state index contributed by atoms with van der Waals surface area (Å²) in [7, 11) is 0. The van der Waals surface area contributed by atoms with E-state index < -0.39 is 11.6 Å². The first-order valence-corrected chi connectivity index (χ1v) is 9.50. The molecule has 0 unspecified atom stereocenters. The molecule has 0 amide bonds. The molecule has 0 N–H and O–H groups in total.